The summed E-state index contributed by atoms with van der Waals surface area (Å²) in [6, 6.07) is 5.38. The van der Waals surface area contributed by atoms with E-state index in [1.54, 1.807) is 12.1 Å². The summed E-state index contributed by atoms with van der Waals surface area (Å²) in [5.74, 6) is 0.334. The quantitative estimate of drug-likeness (QED) is 0.869. The van der Waals surface area contributed by atoms with Crippen LogP contribution in [0.2, 0.25) is 0 Å². The molecule has 1 aromatic carbocycles. The van der Waals surface area contributed by atoms with E-state index in [-0.39, 0.29) is 29.2 Å². The van der Waals surface area contributed by atoms with Crippen molar-refractivity contribution in [2.75, 3.05) is 22.1 Å². The van der Waals surface area contributed by atoms with E-state index in [2.05, 4.69) is 10.6 Å². The van der Waals surface area contributed by atoms with E-state index in [1.165, 1.54) is 0 Å². The Bertz CT molecular complexity index is 799. The number of amides is 2. The lowest BCUT2D eigenvalue weighted by Gasteiger charge is -2.16. The number of carbonyl (C=O) groups excluding carboxylic acids is 2. The van der Waals surface area contributed by atoms with Crippen molar-refractivity contribution in [2.24, 2.45) is 5.92 Å². The van der Waals surface area contributed by atoms with Gasteiger partial charge < -0.3 is 10.6 Å². The van der Waals surface area contributed by atoms with Crippen LogP contribution in [0.3, 0.4) is 0 Å². The lowest BCUT2D eigenvalue weighted by molar-refractivity contribution is -0.119. The van der Waals surface area contributed by atoms with Crippen LogP contribution in [-0.2, 0) is 24.8 Å². The molecule has 2 heterocycles. The van der Waals surface area contributed by atoms with Crippen molar-refractivity contribution >= 4 is 33.0 Å². The number of anilines is 2. The molecular weight excluding hydrogens is 328 g/mol. The first kappa shape index (κ1) is 17.0. The summed E-state index contributed by atoms with van der Waals surface area (Å²) in [5, 5.41) is 5.67. The first-order valence-electron chi connectivity index (χ1n) is 8.14. The minimum absolute atomic E-state index is 0.0524. The number of nitrogens with one attached hydrogen (secondary N) is 2. The Kier molecular flexibility index (Phi) is 4.15. The molecule has 0 spiro atoms. The molecule has 1 atom stereocenters. The van der Waals surface area contributed by atoms with Crippen molar-refractivity contribution < 1.29 is 18.0 Å². The molecule has 1 unspecified atom stereocenters. The Morgan fingerprint density at radius 3 is 2.79 bits per heavy atom. The normalized spacial score (nSPS) is 23.6. The molecule has 24 heavy (non-hydrogen) atoms. The smallest absolute Gasteiger partial charge is 0.234 e. The Hall–Kier alpha value is -1.89. The van der Waals surface area contributed by atoms with E-state index in [0.29, 0.717) is 24.9 Å². The maximum atomic E-state index is 12.1. The zero-order valence-corrected chi connectivity index (χ0v) is 14.7. The lowest BCUT2D eigenvalue weighted by atomic mass is 9.86. The van der Waals surface area contributed by atoms with Gasteiger partial charge in [0, 0.05) is 17.8 Å². The van der Waals surface area contributed by atoms with Crippen molar-refractivity contribution in [1.29, 1.82) is 0 Å². The minimum Gasteiger partial charge on any atom is -0.326 e. The summed E-state index contributed by atoms with van der Waals surface area (Å²) in [6.07, 6.45) is 1.54. The highest BCUT2D eigenvalue weighted by molar-refractivity contribution is 7.91. The molecule has 3 rings (SSSR count). The van der Waals surface area contributed by atoms with Gasteiger partial charge in [-0.05, 0) is 56.4 Å². The van der Waals surface area contributed by atoms with Gasteiger partial charge in [-0.15, -0.1) is 0 Å². The third-order valence-electron chi connectivity index (χ3n) is 4.90. The number of carbonyl (C=O) groups is 2. The average Bonchev–Trinajstić information content (AvgIpc) is 2.95. The molecule has 0 saturated carbocycles. The zero-order chi connectivity index (χ0) is 17.5. The highest BCUT2D eigenvalue weighted by atomic mass is 32.2. The topological polar surface area (TPSA) is 92.3 Å². The van der Waals surface area contributed by atoms with Crippen LogP contribution in [0.1, 0.15) is 38.7 Å². The average molecular weight is 350 g/mol. The predicted molar refractivity (Wildman–Crippen MR) is 92.7 cm³/mol. The molecule has 6 nitrogen and oxygen atoms in total. The van der Waals surface area contributed by atoms with E-state index in [4.69, 9.17) is 0 Å². The molecule has 2 aliphatic heterocycles. The van der Waals surface area contributed by atoms with Crippen LogP contribution >= 0.6 is 0 Å². The molecular formula is C17H22N2O4S. The fourth-order valence-corrected chi connectivity index (χ4v) is 5.22. The summed E-state index contributed by atoms with van der Waals surface area (Å²) in [4.78, 5) is 24.1. The Morgan fingerprint density at radius 2 is 2.12 bits per heavy atom. The van der Waals surface area contributed by atoms with Gasteiger partial charge in [-0.2, -0.15) is 0 Å². The summed E-state index contributed by atoms with van der Waals surface area (Å²) in [6.45, 7) is 3.70. The van der Waals surface area contributed by atoms with Crippen LogP contribution < -0.4 is 10.6 Å². The molecule has 0 radical (unpaired) electrons. The van der Waals surface area contributed by atoms with Gasteiger partial charge in [0.15, 0.2) is 9.84 Å². The van der Waals surface area contributed by atoms with Gasteiger partial charge in [-0.1, -0.05) is 0 Å². The highest BCUT2D eigenvalue weighted by Crippen LogP contribution is 2.38. The third-order valence-corrected chi connectivity index (χ3v) is 6.74. The van der Waals surface area contributed by atoms with Crippen LogP contribution in [0.4, 0.5) is 11.4 Å². The summed E-state index contributed by atoms with van der Waals surface area (Å²) in [7, 11) is -2.90. The fourth-order valence-electron chi connectivity index (χ4n) is 3.31. The summed E-state index contributed by atoms with van der Waals surface area (Å²) >= 11 is 0. The van der Waals surface area contributed by atoms with Gasteiger partial charge in [0.05, 0.1) is 16.9 Å². The van der Waals surface area contributed by atoms with Crippen molar-refractivity contribution in [2.45, 2.75) is 38.5 Å². The molecule has 130 valence electrons. The second kappa shape index (κ2) is 5.88. The lowest BCUT2D eigenvalue weighted by Crippen LogP contribution is -2.26. The number of hydrogen-bond acceptors (Lipinski definition) is 4. The molecule has 2 amide bonds. The van der Waals surface area contributed by atoms with Gasteiger partial charge in [0.1, 0.15) is 0 Å². The maximum Gasteiger partial charge on any atom is 0.234 e. The minimum atomic E-state index is -2.90. The van der Waals surface area contributed by atoms with Crippen LogP contribution in [0.25, 0.3) is 0 Å². The van der Waals surface area contributed by atoms with Crippen LogP contribution in [0.5, 0.6) is 0 Å². The largest absolute Gasteiger partial charge is 0.326 e. The van der Waals surface area contributed by atoms with E-state index in [1.807, 2.05) is 19.9 Å². The molecule has 7 heteroatoms. The number of rotatable bonds is 4. The molecule has 1 saturated heterocycles. The Labute approximate surface area is 141 Å². The fraction of sp³-hybridized carbons (Fsp3) is 0.529. The Morgan fingerprint density at radius 1 is 1.38 bits per heavy atom. The second-order valence-electron chi connectivity index (χ2n) is 7.20. The highest BCUT2D eigenvalue weighted by Gasteiger charge is 2.38. The first-order valence-corrected chi connectivity index (χ1v) is 9.96. The second-order valence-corrected chi connectivity index (χ2v) is 9.42. The van der Waals surface area contributed by atoms with Gasteiger partial charge in [-0.25, -0.2) is 8.42 Å². The maximum absolute atomic E-state index is 12.1. The van der Waals surface area contributed by atoms with Gasteiger partial charge in [0.2, 0.25) is 11.8 Å². The third kappa shape index (κ3) is 3.31. The summed E-state index contributed by atoms with van der Waals surface area (Å²) in [5.41, 5.74) is 1.68. The van der Waals surface area contributed by atoms with Gasteiger partial charge >= 0.3 is 0 Å². The standard InChI is InChI=1S/C17H22N2O4S/c1-17(2)13-9-12(4-5-14(13)19-16(17)21)18-15(20)6-3-11-7-8-24(22,23)10-11/h4-5,9,11H,3,6-8,10H2,1-2H3,(H,18,20)(H,19,21). The van der Waals surface area contributed by atoms with Crippen LogP contribution in [0, 0.1) is 5.92 Å². The SMILES string of the molecule is CC1(C)C(=O)Nc2ccc(NC(=O)CCC3CCS(=O)(=O)C3)cc21. The predicted octanol–water partition coefficient (Wildman–Crippen LogP) is 2.07. The monoisotopic (exact) mass is 350 g/mol. The van der Waals surface area contributed by atoms with Crippen molar-refractivity contribution in [3.63, 3.8) is 0 Å². The number of benzene rings is 1. The molecule has 0 bridgehead atoms. The first-order chi connectivity index (χ1) is 11.2. The van der Waals surface area contributed by atoms with Crippen molar-refractivity contribution in [3.05, 3.63) is 23.8 Å². The van der Waals surface area contributed by atoms with E-state index < -0.39 is 15.3 Å². The van der Waals surface area contributed by atoms with E-state index in [0.717, 1.165) is 11.3 Å². The molecule has 1 aromatic rings. The van der Waals surface area contributed by atoms with Crippen LogP contribution in [0.15, 0.2) is 18.2 Å². The molecule has 2 N–H and O–H groups in total. The van der Waals surface area contributed by atoms with Crippen molar-refractivity contribution in [1.82, 2.24) is 0 Å². The number of hydrogen-bond donors (Lipinski definition) is 2. The molecule has 0 aliphatic carbocycles. The summed E-state index contributed by atoms with van der Waals surface area (Å²) < 4.78 is 22.9. The van der Waals surface area contributed by atoms with Crippen LogP contribution in [-0.4, -0.2) is 31.7 Å². The number of fused-ring (bicyclic) bond motifs is 1. The Balaban J connectivity index is 1.60. The number of sulfone groups is 1. The molecule has 0 aromatic heterocycles. The zero-order valence-electron chi connectivity index (χ0n) is 13.9. The molecule has 1 fully saturated rings. The van der Waals surface area contributed by atoms with Crippen molar-refractivity contribution in [3.8, 4) is 0 Å². The van der Waals surface area contributed by atoms with E-state index >= 15 is 0 Å². The van der Waals surface area contributed by atoms with Gasteiger partial charge in [0.25, 0.3) is 0 Å². The van der Waals surface area contributed by atoms with Gasteiger partial charge in [-0.3, -0.25) is 9.59 Å². The molecule has 2 aliphatic rings. The van der Waals surface area contributed by atoms with E-state index in [9.17, 15) is 18.0 Å².